The number of rotatable bonds is 0. The number of likely N-dealkylation sites (N-methyl/N-ethyl adjacent to an activating group) is 1. The van der Waals surface area contributed by atoms with Crippen LogP contribution in [0.3, 0.4) is 0 Å². The number of benzene rings is 8. The van der Waals surface area contributed by atoms with Gasteiger partial charge in [0.25, 0.3) is 0 Å². The van der Waals surface area contributed by atoms with Gasteiger partial charge in [0.1, 0.15) is 0 Å². The molecule has 20 rings (SSSR count). The second-order valence-electron chi connectivity index (χ2n) is 26.8. The second-order valence-corrected chi connectivity index (χ2v) is 26.8. The van der Waals surface area contributed by atoms with Crippen LogP contribution in [0.1, 0.15) is 94.8 Å². The Kier molecular flexibility index (Phi) is 20.1. The number of fused-ring (bicyclic) bond motifs is 11. The van der Waals surface area contributed by atoms with Crippen LogP contribution in [0.15, 0.2) is 207 Å². The summed E-state index contributed by atoms with van der Waals surface area (Å²) in [6.45, 7) is 19.2. The van der Waals surface area contributed by atoms with E-state index < -0.39 is 0 Å². The molecule has 13 heteroatoms. The van der Waals surface area contributed by atoms with Gasteiger partial charge in [-0.25, -0.2) is 0 Å². The normalized spacial score (nSPS) is 14.6. The minimum absolute atomic E-state index is 0. The first-order valence-electron chi connectivity index (χ1n) is 31.7. The van der Waals surface area contributed by atoms with Gasteiger partial charge in [-0.2, -0.15) is 0 Å². The Bertz CT molecular complexity index is 5530. The SMILES string of the molecule is CC(C)=c1c2ccc[c-]c2c2nccc3cccc1c32.CC1(C)c2ccc[c-]c2-c2ncc3cccc1n23.CN1CC2c3c([c-]ccc31)-c1ncccc1C2(C)C.Cn1cc2c3c(nccc31)-c1[c-]cccc1C2(C)C.[Ir].[Ir].[Ir].[Ir].[Ir].[c-]1cccc2c1-c1nccc3cccc-2c13. The van der Waals surface area contributed by atoms with Gasteiger partial charge in [-0.3, -0.25) is 4.98 Å². The molecule has 0 N–H and O–H groups in total. The van der Waals surface area contributed by atoms with Crippen LogP contribution in [-0.4, -0.2) is 47.5 Å². The predicted octanol–water partition coefficient (Wildman–Crippen LogP) is 18.4. The number of aromatic nitrogens is 7. The molecule has 0 amide bonds. The fourth-order valence-corrected chi connectivity index (χ4v) is 15.7. The van der Waals surface area contributed by atoms with Gasteiger partial charge in [-0.1, -0.05) is 129 Å². The maximum atomic E-state index is 4.63. The molecule has 0 saturated carbocycles. The first-order valence-corrected chi connectivity index (χ1v) is 31.7. The van der Waals surface area contributed by atoms with E-state index in [-0.39, 0.29) is 117 Å². The summed E-state index contributed by atoms with van der Waals surface area (Å²) in [7, 11) is 4.29. The van der Waals surface area contributed by atoms with Crippen LogP contribution < -0.4 is 10.1 Å². The van der Waals surface area contributed by atoms with E-state index in [1.165, 1.54) is 110 Å². The molecule has 3 aliphatic carbocycles. The summed E-state index contributed by atoms with van der Waals surface area (Å²) in [5.41, 5.74) is 24.7. The molecule has 9 heterocycles. The van der Waals surface area contributed by atoms with Crippen LogP contribution in [0.4, 0.5) is 5.69 Å². The van der Waals surface area contributed by atoms with Gasteiger partial charge in [-0.05, 0) is 139 Å². The molecule has 0 fully saturated rings. The number of anilines is 1. The molecular formula is C84H67Ir5N8-5. The van der Waals surface area contributed by atoms with E-state index in [4.69, 9.17) is 0 Å². The van der Waals surface area contributed by atoms with Crippen molar-refractivity contribution in [1.29, 1.82) is 0 Å². The third kappa shape index (κ3) is 11.3. The number of pyridine rings is 5. The van der Waals surface area contributed by atoms with Gasteiger partial charge < -0.3 is 33.8 Å². The van der Waals surface area contributed by atoms with Crippen LogP contribution >= 0.6 is 0 Å². The summed E-state index contributed by atoms with van der Waals surface area (Å²) in [5, 5.41) is 11.3. The van der Waals surface area contributed by atoms with E-state index in [9.17, 15) is 0 Å². The second kappa shape index (κ2) is 27.4. The summed E-state index contributed by atoms with van der Waals surface area (Å²) in [5.74, 6) is 1.55. The topological polar surface area (TPSA) is 77.0 Å². The number of hydrogen-bond acceptors (Lipinski definition) is 6. The van der Waals surface area contributed by atoms with Crippen LogP contribution in [0.25, 0.3) is 121 Å². The summed E-state index contributed by atoms with van der Waals surface area (Å²) < 4.78 is 4.45. The fraction of sp³-hybridized carbons (Fsp3) is 0.179. The Morgan fingerprint density at radius 3 is 1.84 bits per heavy atom. The Labute approximate surface area is 634 Å². The zero-order valence-electron chi connectivity index (χ0n) is 55.2. The standard InChI is InChI=1S/C19H14N.C17H17N2.C17H15N2.C16H13N2.C15H8N.5Ir/c1-12(2)17-14-7-3-4-8-15(14)19-18-13(10-11-20-19)6-5-9-16(17)18;1-17(2)12-7-5-9-18-16(12)11-6-4-8-14-15(11)13(17)10-19(14)3;1-17(2)12-7-5-4-6-11(12)16-15-13(17)10-19(3)14(15)8-9-18-16;1-16(2)13-8-4-3-7-12(13)15-17-10-11-6-5-9-14(16)18(11)15;1-2-6-13-11(5-1)12-7-3-4-10-8-9-16-15(13)14(10)12;;;;;/h3-7,9-11H,1-2H3;4-5,7-9,13H,10H2,1-3H3;4-5,7-10H,1-3H3;3-6,8-10H,1-2H3;1-5,7-9H;;;;;/q5*-1;;;;;. The summed E-state index contributed by atoms with van der Waals surface area (Å²) in [6.07, 6.45) is 11.7. The van der Waals surface area contributed by atoms with Crippen molar-refractivity contribution in [3.8, 4) is 56.3 Å². The molecule has 5 radical (unpaired) electrons. The minimum atomic E-state index is -0.0136. The maximum absolute atomic E-state index is 4.63. The van der Waals surface area contributed by atoms with Crippen molar-refractivity contribution < 1.29 is 101 Å². The minimum Gasteiger partial charge on any atom is -0.390 e. The van der Waals surface area contributed by atoms with E-state index >= 15 is 0 Å². The predicted molar refractivity (Wildman–Crippen MR) is 377 cm³/mol. The quantitative estimate of drug-likeness (QED) is 0.0855. The van der Waals surface area contributed by atoms with E-state index in [1.54, 1.807) is 0 Å². The van der Waals surface area contributed by atoms with Crippen molar-refractivity contribution >= 4 is 70.9 Å². The van der Waals surface area contributed by atoms with E-state index in [2.05, 4.69) is 272 Å². The van der Waals surface area contributed by atoms with Crippen molar-refractivity contribution in [1.82, 2.24) is 33.9 Å². The summed E-state index contributed by atoms with van der Waals surface area (Å²) >= 11 is 0. The molecular weight excluding hydrogens is 2080 g/mol. The van der Waals surface area contributed by atoms with Crippen LogP contribution in [0, 0.1) is 30.3 Å². The number of hydrogen-bond donors (Lipinski definition) is 0. The van der Waals surface area contributed by atoms with Gasteiger partial charge in [0.05, 0.1) is 11.3 Å². The summed E-state index contributed by atoms with van der Waals surface area (Å²) in [6, 6.07) is 75.6. The van der Waals surface area contributed by atoms with Crippen LogP contribution in [0.5, 0.6) is 0 Å². The van der Waals surface area contributed by atoms with Gasteiger partial charge >= 0.3 is 0 Å². The van der Waals surface area contributed by atoms with E-state index in [1.807, 2.05) is 73.4 Å². The largest absolute Gasteiger partial charge is 0.390 e. The zero-order chi connectivity index (χ0) is 62.9. The molecule has 8 nitrogen and oxygen atoms in total. The molecule has 0 saturated heterocycles. The Morgan fingerprint density at radius 2 is 1.07 bits per heavy atom. The maximum Gasteiger partial charge on any atom is 0.0608 e. The zero-order valence-corrected chi connectivity index (χ0v) is 67.1. The van der Waals surface area contributed by atoms with Gasteiger partial charge in [-0.15, -0.1) is 154 Å². The third-order valence-corrected chi connectivity index (χ3v) is 20.2. The Morgan fingerprint density at radius 1 is 0.474 bits per heavy atom. The molecule has 0 bridgehead atoms. The number of aryl methyl sites for hydroxylation is 1. The molecule has 1 unspecified atom stereocenters. The molecule has 8 aromatic carbocycles. The average molecular weight is 2150 g/mol. The molecule has 7 aromatic heterocycles. The van der Waals surface area contributed by atoms with Crippen molar-refractivity contribution in [3.63, 3.8) is 0 Å². The van der Waals surface area contributed by atoms with Crippen LogP contribution in [-0.2, 0) is 124 Å². The van der Waals surface area contributed by atoms with Crippen molar-refractivity contribution in [2.24, 2.45) is 7.05 Å². The molecule has 97 heavy (non-hydrogen) atoms. The Balaban J connectivity index is 0.000000122. The summed E-state index contributed by atoms with van der Waals surface area (Å²) in [4.78, 5) is 25.3. The van der Waals surface area contributed by atoms with Crippen molar-refractivity contribution in [2.75, 3.05) is 18.5 Å². The average Bonchev–Trinajstić information content (AvgIpc) is 1.75. The van der Waals surface area contributed by atoms with Gasteiger partial charge in [0, 0.05) is 170 Å². The first-order chi connectivity index (χ1) is 44.6. The number of imidazole rings is 1. The smallest absolute Gasteiger partial charge is 0.0608 e. The fourth-order valence-electron chi connectivity index (χ4n) is 15.7. The molecule has 5 aliphatic rings. The molecule has 15 aromatic rings. The molecule has 1 atom stereocenters. The van der Waals surface area contributed by atoms with Crippen molar-refractivity contribution in [2.45, 2.75) is 77.6 Å². The van der Waals surface area contributed by atoms with E-state index in [0.29, 0.717) is 5.92 Å². The Hall–Kier alpha value is -7.32. The first kappa shape index (κ1) is 71.0. The van der Waals surface area contributed by atoms with Crippen LogP contribution in [0.2, 0.25) is 0 Å². The molecule has 493 valence electrons. The van der Waals surface area contributed by atoms with E-state index in [0.717, 1.165) is 62.6 Å². The molecule has 2 aliphatic heterocycles. The third-order valence-electron chi connectivity index (χ3n) is 20.2. The monoisotopic (exact) mass is 2150 g/mol. The number of nitrogens with zero attached hydrogens (tertiary/aromatic N) is 8. The van der Waals surface area contributed by atoms with Gasteiger partial charge in [0.15, 0.2) is 0 Å². The van der Waals surface area contributed by atoms with Crippen molar-refractivity contribution in [3.05, 3.63) is 276 Å². The molecule has 0 spiro atoms. The van der Waals surface area contributed by atoms with Gasteiger partial charge in [0.2, 0.25) is 0 Å².